The fourth-order valence-electron chi connectivity index (χ4n) is 5.89. The van der Waals surface area contributed by atoms with Gasteiger partial charge in [0.2, 0.25) is 17.7 Å². The van der Waals surface area contributed by atoms with Crippen LogP contribution in [0.2, 0.25) is 0 Å². The number of piperidine rings is 1. The third kappa shape index (κ3) is 5.90. The molecular weight excluding hydrogens is 562 g/mol. The average molecular weight is 596 g/mol. The van der Waals surface area contributed by atoms with Crippen molar-refractivity contribution in [1.82, 2.24) is 25.5 Å². The lowest BCUT2D eigenvalue weighted by Gasteiger charge is -2.27. The molecule has 0 aliphatic carbocycles. The number of carbonyl (C=O) groups is 5. The standard InChI is InChI=1S/C33H33N5O6/c39-28(12-9-20-8-10-21-23-19-34-16-14-24(23)36-25(21)18-20)35-15-3-1-2-4-17-44-27-7-5-6-22-30(27)33(43)38(32(22)42)26-11-13-29(40)37-31(26)41/h5-8,10,14,16,18-19,26,36H,1-4,9,11-13,15,17H2,(H,35,39)(H,37,40,41). The zero-order valence-corrected chi connectivity index (χ0v) is 24.2. The molecule has 1 fully saturated rings. The van der Waals surface area contributed by atoms with Gasteiger partial charge in [0, 0.05) is 53.6 Å². The highest BCUT2D eigenvalue weighted by Crippen LogP contribution is 2.33. The van der Waals surface area contributed by atoms with E-state index in [1.807, 2.05) is 12.3 Å². The number of fused-ring (bicyclic) bond motifs is 4. The Morgan fingerprint density at radius 1 is 0.977 bits per heavy atom. The number of hydrogen-bond donors (Lipinski definition) is 3. The van der Waals surface area contributed by atoms with Gasteiger partial charge in [0.1, 0.15) is 11.8 Å². The first-order chi connectivity index (χ1) is 21.4. The number of aromatic nitrogens is 2. The van der Waals surface area contributed by atoms with Gasteiger partial charge in [-0.15, -0.1) is 0 Å². The lowest BCUT2D eigenvalue weighted by atomic mass is 10.0. The van der Waals surface area contributed by atoms with Crippen molar-refractivity contribution >= 4 is 51.3 Å². The zero-order chi connectivity index (χ0) is 30.6. The Bertz CT molecular complexity index is 1780. The van der Waals surface area contributed by atoms with Gasteiger partial charge in [0.25, 0.3) is 11.8 Å². The summed E-state index contributed by atoms with van der Waals surface area (Å²) in [7, 11) is 0. The van der Waals surface area contributed by atoms with E-state index in [0.717, 1.165) is 58.0 Å². The summed E-state index contributed by atoms with van der Waals surface area (Å²) >= 11 is 0. The summed E-state index contributed by atoms with van der Waals surface area (Å²) in [4.78, 5) is 70.8. The van der Waals surface area contributed by atoms with Gasteiger partial charge in [-0.1, -0.05) is 31.0 Å². The maximum absolute atomic E-state index is 13.2. The molecule has 4 heterocycles. The van der Waals surface area contributed by atoms with Gasteiger partial charge >= 0.3 is 0 Å². The van der Waals surface area contributed by atoms with Crippen LogP contribution in [0.3, 0.4) is 0 Å². The summed E-state index contributed by atoms with van der Waals surface area (Å²) in [5.41, 5.74) is 3.55. The molecule has 0 spiro atoms. The van der Waals surface area contributed by atoms with Gasteiger partial charge in [-0.2, -0.15) is 0 Å². The minimum absolute atomic E-state index is 0.0257. The van der Waals surface area contributed by atoms with Crippen LogP contribution in [-0.2, 0) is 20.8 Å². The molecule has 0 saturated carbocycles. The zero-order valence-electron chi connectivity index (χ0n) is 24.2. The van der Waals surface area contributed by atoms with Crippen LogP contribution in [0.5, 0.6) is 5.75 Å². The summed E-state index contributed by atoms with van der Waals surface area (Å²) in [5.74, 6) is -1.86. The lowest BCUT2D eigenvalue weighted by Crippen LogP contribution is -2.54. The van der Waals surface area contributed by atoms with Crippen molar-refractivity contribution < 1.29 is 28.7 Å². The lowest BCUT2D eigenvalue weighted by molar-refractivity contribution is -0.136. The first-order valence-electron chi connectivity index (χ1n) is 15.0. The van der Waals surface area contributed by atoms with Crippen molar-refractivity contribution in [3.05, 3.63) is 71.5 Å². The number of imide groups is 2. The Labute approximate surface area is 253 Å². The normalized spacial score (nSPS) is 16.5. The van der Waals surface area contributed by atoms with E-state index in [1.54, 1.807) is 24.4 Å². The summed E-state index contributed by atoms with van der Waals surface area (Å²) < 4.78 is 5.88. The minimum atomic E-state index is -1.01. The highest BCUT2D eigenvalue weighted by molar-refractivity contribution is 6.24. The van der Waals surface area contributed by atoms with Crippen molar-refractivity contribution in [2.24, 2.45) is 0 Å². The number of hydrogen-bond acceptors (Lipinski definition) is 7. The number of nitrogens with one attached hydrogen (secondary N) is 3. The molecule has 5 amide bonds. The molecule has 1 atom stereocenters. The van der Waals surface area contributed by atoms with Gasteiger partial charge in [0.15, 0.2) is 0 Å². The number of unbranched alkanes of at least 4 members (excludes halogenated alkanes) is 3. The predicted octanol–water partition coefficient (Wildman–Crippen LogP) is 3.81. The van der Waals surface area contributed by atoms with E-state index < -0.39 is 29.7 Å². The number of ether oxygens (including phenoxy) is 1. The summed E-state index contributed by atoms with van der Waals surface area (Å²) in [6, 6.07) is 12.0. The van der Waals surface area contributed by atoms with Crippen LogP contribution in [0, 0.1) is 0 Å². The molecule has 11 nitrogen and oxygen atoms in total. The van der Waals surface area contributed by atoms with E-state index in [2.05, 4.69) is 38.8 Å². The fraction of sp³-hybridized carbons (Fsp3) is 0.333. The summed E-state index contributed by atoms with van der Waals surface area (Å²) in [6.07, 6.45) is 8.24. The van der Waals surface area contributed by atoms with Crippen LogP contribution in [0.15, 0.2) is 54.9 Å². The molecule has 11 heteroatoms. The van der Waals surface area contributed by atoms with E-state index in [1.165, 1.54) is 0 Å². The number of aryl methyl sites for hydroxylation is 1. The minimum Gasteiger partial charge on any atom is -0.493 e. The highest BCUT2D eigenvalue weighted by atomic mass is 16.5. The Balaban J connectivity index is 0.894. The molecule has 1 unspecified atom stereocenters. The molecule has 1 saturated heterocycles. The summed E-state index contributed by atoms with van der Waals surface area (Å²) in [5, 5.41) is 7.41. The number of aromatic amines is 1. The third-order valence-corrected chi connectivity index (χ3v) is 8.19. The van der Waals surface area contributed by atoms with E-state index in [0.29, 0.717) is 31.7 Å². The molecule has 4 aromatic rings. The van der Waals surface area contributed by atoms with Crippen LogP contribution >= 0.6 is 0 Å². The predicted molar refractivity (Wildman–Crippen MR) is 162 cm³/mol. The number of benzene rings is 2. The van der Waals surface area contributed by atoms with Gasteiger partial charge in [-0.25, -0.2) is 0 Å². The molecule has 0 radical (unpaired) electrons. The monoisotopic (exact) mass is 595 g/mol. The molecule has 226 valence electrons. The van der Waals surface area contributed by atoms with Crippen LogP contribution in [-0.4, -0.2) is 63.6 Å². The molecule has 2 aromatic heterocycles. The SMILES string of the molecule is O=C(CCc1ccc2c(c1)[nH]c1ccncc12)NCCCCCCOc1cccc2c1C(=O)N(C1CCC(=O)NC1=O)C2=O. The molecule has 3 N–H and O–H groups in total. The van der Waals surface area contributed by atoms with Crippen LogP contribution in [0.1, 0.15) is 71.2 Å². The van der Waals surface area contributed by atoms with Crippen molar-refractivity contribution in [2.75, 3.05) is 13.2 Å². The van der Waals surface area contributed by atoms with E-state index in [4.69, 9.17) is 4.74 Å². The van der Waals surface area contributed by atoms with E-state index in [9.17, 15) is 24.0 Å². The first kappa shape index (κ1) is 29.0. The topological polar surface area (TPSA) is 151 Å². The Morgan fingerprint density at radius 2 is 1.84 bits per heavy atom. The van der Waals surface area contributed by atoms with Gasteiger partial charge < -0.3 is 15.0 Å². The average Bonchev–Trinajstić information content (AvgIpc) is 3.51. The molecular formula is C33H33N5O6. The second-order valence-corrected chi connectivity index (χ2v) is 11.2. The number of pyridine rings is 1. The summed E-state index contributed by atoms with van der Waals surface area (Å²) in [6.45, 7) is 0.965. The van der Waals surface area contributed by atoms with Crippen LogP contribution in [0.25, 0.3) is 21.8 Å². The number of rotatable bonds is 12. The van der Waals surface area contributed by atoms with Crippen molar-refractivity contribution in [3.8, 4) is 5.75 Å². The van der Waals surface area contributed by atoms with Crippen LogP contribution in [0.4, 0.5) is 0 Å². The number of carbonyl (C=O) groups excluding carboxylic acids is 5. The second-order valence-electron chi connectivity index (χ2n) is 11.2. The highest BCUT2D eigenvalue weighted by Gasteiger charge is 2.46. The molecule has 2 aliphatic heterocycles. The van der Waals surface area contributed by atoms with Gasteiger partial charge in [-0.05, 0) is 55.5 Å². The molecule has 44 heavy (non-hydrogen) atoms. The molecule has 2 aromatic carbocycles. The Kier molecular flexibility index (Phi) is 8.36. The third-order valence-electron chi connectivity index (χ3n) is 8.19. The van der Waals surface area contributed by atoms with Crippen LogP contribution < -0.4 is 15.4 Å². The maximum atomic E-state index is 13.2. The molecule has 0 bridgehead atoms. The molecule has 6 rings (SSSR count). The van der Waals surface area contributed by atoms with E-state index in [-0.39, 0.29) is 29.9 Å². The second kappa shape index (κ2) is 12.7. The largest absolute Gasteiger partial charge is 0.493 e. The quantitative estimate of drug-likeness (QED) is 0.166. The van der Waals surface area contributed by atoms with Gasteiger partial charge in [-0.3, -0.25) is 39.2 Å². The number of amides is 5. The van der Waals surface area contributed by atoms with Crippen molar-refractivity contribution in [2.45, 2.75) is 57.4 Å². The fourth-order valence-corrected chi connectivity index (χ4v) is 5.89. The smallest absolute Gasteiger partial charge is 0.266 e. The number of nitrogens with zero attached hydrogens (tertiary/aromatic N) is 2. The molecule has 2 aliphatic rings. The Morgan fingerprint density at radius 3 is 2.70 bits per heavy atom. The van der Waals surface area contributed by atoms with Gasteiger partial charge in [0.05, 0.1) is 17.7 Å². The van der Waals surface area contributed by atoms with E-state index >= 15 is 0 Å². The maximum Gasteiger partial charge on any atom is 0.266 e. The Hall–Kier alpha value is -5.06. The first-order valence-corrected chi connectivity index (χ1v) is 15.0. The van der Waals surface area contributed by atoms with Crippen molar-refractivity contribution in [1.29, 1.82) is 0 Å². The van der Waals surface area contributed by atoms with Crippen molar-refractivity contribution in [3.63, 3.8) is 0 Å². The number of H-pyrrole nitrogens is 1.